The zero-order valence-corrected chi connectivity index (χ0v) is 32.0. The first-order valence-corrected chi connectivity index (χ1v) is 18.9. The molecule has 0 bridgehead atoms. The number of methoxy groups -OCH3 is 1. The van der Waals surface area contributed by atoms with Crippen molar-refractivity contribution >= 4 is 35.3 Å². The second kappa shape index (κ2) is 14.7. The molecule has 0 aromatic heterocycles. The van der Waals surface area contributed by atoms with E-state index in [0.717, 1.165) is 68.4 Å². The number of nitrogens with zero attached hydrogens (tertiary/aromatic N) is 3. The van der Waals surface area contributed by atoms with E-state index in [4.69, 9.17) is 14.2 Å². The summed E-state index contributed by atoms with van der Waals surface area (Å²) in [6.45, 7) is 14.5. The zero-order valence-electron chi connectivity index (χ0n) is 32.0. The molecule has 3 aliphatic heterocycles. The lowest BCUT2D eigenvalue weighted by Gasteiger charge is -2.53. The van der Waals surface area contributed by atoms with Crippen LogP contribution >= 0.6 is 0 Å². The third-order valence-electron chi connectivity index (χ3n) is 11.0. The second-order valence-corrected chi connectivity index (χ2v) is 17.1. The summed E-state index contributed by atoms with van der Waals surface area (Å²) in [7, 11) is 1.77. The number of benzene rings is 2. The minimum Gasteiger partial charge on any atom is -0.456 e. The van der Waals surface area contributed by atoms with Crippen LogP contribution in [0.15, 0.2) is 42.5 Å². The zero-order chi connectivity index (χ0) is 37.4. The van der Waals surface area contributed by atoms with E-state index in [0.29, 0.717) is 37.3 Å². The molecule has 2 aromatic carbocycles. The molecule has 3 fully saturated rings. The normalized spacial score (nSPS) is 20.9. The van der Waals surface area contributed by atoms with Crippen LogP contribution in [0.25, 0.3) is 0 Å². The number of esters is 1. The van der Waals surface area contributed by atoms with E-state index in [2.05, 4.69) is 16.3 Å². The topological polar surface area (TPSA) is 118 Å². The predicted octanol–water partition coefficient (Wildman–Crippen LogP) is 6.75. The lowest BCUT2D eigenvalue weighted by atomic mass is 9.57. The van der Waals surface area contributed by atoms with Gasteiger partial charge in [-0.1, -0.05) is 12.1 Å². The van der Waals surface area contributed by atoms with E-state index in [1.807, 2.05) is 53.7 Å². The number of carbonyl (C=O) groups excluding carboxylic acids is 4. The van der Waals surface area contributed by atoms with Crippen LogP contribution in [0.3, 0.4) is 0 Å². The van der Waals surface area contributed by atoms with Gasteiger partial charge in [-0.2, -0.15) is 0 Å². The number of piperidine rings is 2. The SMILES string of the molecule is COC1CCN(c2cccc3c2CCN(C(=O)C2CC4(CCN(C(=O)OC(C)(C)C)CC4)C2)C3C(=O)Nc2ccc(C(=O)OC(C)(C)C)cc2)CC1. The molecule has 11 heteroatoms. The van der Waals surface area contributed by atoms with E-state index in [1.54, 1.807) is 41.2 Å². The molecule has 4 aliphatic rings. The summed E-state index contributed by atoms with van der Waals surface area (Å²) >= 11 is 0. The fourth-order valence-corrected chi connectivity index (χ4v) is 8.33. The summed E-state index contributed by atoms with van der Waals surface area (Å²) < 4.78 is 16.7. The molecule has 1 N–H and O–H groups in total. The highest BCUT2D eigenvalue weighted by Crippen LogP contribution is 2.54. The van der Waals surface area contributed by atoms with E-state index in [1.165, 1.54) is 0 Å². The number of amides is 3. The first kappa shape index (κ1) is 37.6. The average Bonchev–Trinajstić information content (AvgIpc) is 3.08. The van der Waals surface area contributed by atoms with Gasteiger partial charge in [0.1, 0.15) is 17.2 Å². The van der Waals surface area contributed by atoms with Gasteiger partial charge in [-0.05, 0) is 133 Å². The maximum Gasteiger partial charge on any atom is 0.410 e. The molecule has 3 amide bonds. The van der Waals surface area contributed by atoms with Crippen molar-refractivity contribution in [2.45, 2.75) is 110 Å². The Balaban J connectivity index is 1.19. The Hall–Kier alpha value is -4.12. The highest BCUT2D eigenvalue weighted by atomic mass is 16.6. The van der Waals surface area contributed by atoms with Crippen LogP contribution in [-0.2, 0) is 30.2 Å². The summed E-state index contributed by atoms with van der Waals surface area (Å²) in [5.74, 6) is -0.875. The van der Waals surface area contributed by atoms with E-state index in [9.17, 15) is 19.2 Å². The quantitative estimate of drug-likeness (QED) is 0.327. The molecule has 1 aliphatic carbocycles. The molecule has 282 valence electrons. The predicted molar refractivity (Wildman–Crippen MR) is 199 cm³/mol. The summed E-state index contributed by atoms with van der Waals surface area (Å²) in [6.07, 6.45) is 5.70. The highest BCUT2D eigenvalue weighted by molar-refractivity contribution is 5.99. The van der Waals surface area contributed by atoms with Crippen molar-refractivity contribution in [2.24, 2.45) is 11.3 Å². The molecule has 2 saturated heterocycles. The number of ether oxygens (including phenoxy) is 3. The van der Waals surface area contributed by atoms with Gasteiger partial charge in [-0.3, -0.25) is 9.59 Å². The molecular weight excluding hydrogens is 660 g/mol. The van der Waals surface area contributed by atoms with Crippen LogP contribution in [0.2, 0.25) is 0 Å². The summed E-state index contributed by atoms with van der Waals surface area (Å²) in [4.78, 5) is 60.0. The molecule has 1 saturated carbocycles. The Bertz CT molecular complexity index is 1640. The molecule has 52 heavy (non-hydrogen) atoms. The van der Waals surface area contributed by atoms with Crippen molar-refractivity contribution in [3.05, 3.63) is 59.2 Å². The molecule has 11 nitrogen and oxygen atoms in total. The number of nitrogens with one attached hydrogen (secondary N) is 1. The first-order chi connectivity index (χ1) is 24.5. The van der Waals surface area contributed by atoms with Gasteiger partial charge in [0.15, 0.2) is 0 Å². The van der Waals surface area contributed by atoms with E-state index in [-0.39, 0.29) is 35.3 Å². The number of anilines is 2. The third kappa shape index (κ3) is 8.40. The van der Waals surface area contributed by atoms with Crippen LogP contribution in [0, 0.1) is 11.3 Å². The lowest BCUT2D eigenvalue weighted by molar-refractivity contribution is -0.151. The monoisotopic (exact) mass is 716 g/mol. The van der Waals surface area contributed by atoms with Gasteiger partial charge in [-0.15, -0.1) is 0 Å². The van der Waals surface area contributed by atoms with Crippen LogP contribution in [0.1, 0.15) is 108 Å². The van der Waals surface area contributed by atoms with Gasteiger partial charge >= 0.3 is 12.1 Å². The Kier molecular flexibility index (Phi) is 10.7. The largest absolute Gasteiger partial charge is 0.456 e. The summed E-state index contributed by atoms with van der Waals surface area (Å²) in [5, 5.41) is 3.06. The highest BCUT2D eigenvalue weighted by Gasteiger charge is 2.52. The standard InChI is InChI=1S/C41H56N4O7/c1-39(2,3)51-37(48)27-11-13-29(14-12-27)42-35(46)34-32-9-8-10-33(43-20-15-30(50-7)16-21-43)31(32)17-22-45(34)36(47)28-25-41(26-28)18-23-44(24-19-41)38(49)52-40(4,5)6/h8-14,28,30,34H,15-26H2,1-7H3,(H,42,46). The van der Waals surface area contributed by atoms with Crippen molar-refractivity contribution in [3.8, 4) is 0 Å². The number of hydrogen-bond donors (Lipinski definition) is 1. The van der Waals surface area contributed by atoms with Gasteiger partial charge in [0.2, 0.25) is 5.91 Å². The van der Waals surface area contributed by atoms with Gasteiger partial charge < -0.3 is 34.2 Å². The van der Waals surface area contributed by atoms with Gasteiger partial charge in [0.25, 0.3) is 5.91 Å². The Morgan fingerprint density at radius 3 is 2.04 bits per heavy atom. The molecule has 6 rings (SSSR count). The average molecular weight is 717 g/mol. The fraction of sp³-hybridized carbons (Fsp3) is 0.610. The number of hydrogen-bond acceptors (Lipinski definition) is 8. The maximum atomic E-state index is 14.4. The van der Waals surface area contributed by atoms with E-state index < -0.39 is 23.2 Å². The van der Waals surface area contributed by atoms with Crippen LogP contribution < -0.4 is 10.2 Å². The molecule has 1 spiro atoms. The molecule has 2 aromatic rings. The van der Waals surface area contributed by atoms with Gasteiger partial charge in [0.05, 0.1) is 11.7 Å². The maximum absolute atomic E-state index is 14.4. The van der Waals surface area contributed by atoms with Gasteiger partial charge in [-0.25, -0.2) is 9.59 Å². The van der Waals surface area contributed by atoms with Crippen molar-refractivity contribution < 1.29 is 33.4 Å². The van der Waals surface area contributed by atoms with Crippen molar-refractivity contribution in [1.82, 2.24) is 9.80 Å². The fourth-order valence-electron chi connectivity index (χ4n) is 8.33. The number of carbonyl (C=O) groups is 4. The Labute approximate surface area is 308 Å². The first-order valence-electron chi connectivity index (χ1n) is 18.9. The number of rotatable bonds is 6. The van der Waals surface area contributed by atoms with Crippen molar-refractivity contribution in [3.63, 3.8) is 0 Å². The van der Waals surface area contributed by atoms with Crippen molar-refractivity contribution in [1.29, 1.82) is 0 Å². The Morgan fingerprint density at radius 2 is 1.44 bits per heavy atom. The third-order valence-corrected chi connectivity index (χ3v) is 11.0. The number of likely N-dealkylation sites (tertiary alicyclic amines) is 1. The molecule has 3 heterocycles. The lowest BCUT2D eigenvalue weighted by Crippen LogP contribution is -2.55. The van der Waals surface area contributed by atoms with Crippen molar-refractivity contribution in [2.75, 3.05) is 50.1 Å². The van der Waals surface area contributed by atoms with Crippen LogP contribution in [-0.4, -0.2) is 90.8 Å². The summed E-state index contributed by atoms with van der Waals surface area (Å²) in [5.41, 5.74) is 2.89. The molecule has 1 atom stereocenters. The summed E-state index contributed by atoms with van der Waals surface area (Å²) in [6, 6.07) is 12.0. The van der Waals surface area contributed by atoms with E-state index >= 15 is 0 Å². The number of fused-ring (bicyclic) bond motifs is 1. The van der Waals surface area contributed by atoms with Crippen LogP contribution in [0.4, 0.5) is 16.2 Å². The van der Waals surface area contributed by atoms with Gasteiger partial charge in [0, 0.05) is 57.1 Å². The Morgan fingerprint density at radius 1 is 0.808 bits per heavy atom. The smallest absolute Gasteiger partial charge is 0.410 e. The molecular formula is C41H56N4O7. The molecule has 1 unspecified atom stereocenters. The molecule has 0 radical (unpaired) electrons. The minimum atomic E-state index is -0.802. The second-order valence-electron chi connectivity index (χ2n) is 17.1. The minimum absolute atomic E-state index is 0.0117. The van der Waals surface area contributed by atoms with Crippen LogP contribution in [0.5, 0.6) is 0 Å².